The third-order valence-corrected chi connectivity index (χ3v) is 3.43. The average Bonchev–Trinajstić information content (AvgIpc) is 2.57. The molecular formula is C16H14O5. The predicted molar refractivity (Wildman–Crippen MR) is 75.6 cm³/mol. The zero-order valence-corrected chi connectivity index (χ0v) is 11.4. The normalized spacial score (nSPS) is 20.7. The van der Waals surface area contributed by atoms with Crippen molar-refractivity contribution in [3.63, 3.8) is 0 Å². The Balaban J connectivity index is 2.18. The van der Waals surface area contributed by atoms with Gasteiger partial charge in [-0.15, -0.1) is 0 Å². The van der Waals surface area contributed by atoms with E-state index in [1.54, 1.807) is 18.2 Å². The lowest BCUT2D eigenvalue weighted by molar-refractivity contribution is -0.134. The number of allylic oxidation sites excluding steroid dienone is 4. The van der Waals surface area contributed by atoms with Gasteiger partial charge >= 0.3 is 5.97 Å². The van der Waals surface area contributed by atoms with Crippen molar-refractivity contribution in [1.82, 2.24) is 0 Å². The van der Waals surface area contributed by atoms with Crippen LogP contribution in [0.15, 0.2) is 47.9 Å². The molecule has 1 unspecified atom stereocenters. The molecular weight excluding hydrogens is 272 g/mol. The van der Waals surface area contributed by atoms with E-state index in [1.807, 2.05) is 6.08 Å². The lowest BCUT2D eigenvalue weighted by atomic mass is 9.96. The number of phenols is 1. The zero-order chi connectivity index (χ0) is 15.0. The van der Waals surface area contributed by atoms with Gasteiger partial charge in [0.25, 0.3) is 0 Å². The summed E-state index contributed by atoms with van der Waals surface area (Å²) in [4.78, 5) is 11.9. The SMILES string of the molecule is COC1=CC2C=C(C=C1O)c1ccc(O)cc1OC(=O)C2. The van der Waals surface area contributed by atoms with Gasteiger partial charge in [0.1, 0.15) is 11.5 Å². The standard InChI is InChI=1S/C16H14O5/c1-20-15-5-9-4-10(7-13(15)18)12-3-2-11(17)8-14(12)21-16(19)6-9/h2-5,7-9,17-18H,6H2,1H3. The summed E-state index contributed by atoms with van der Waals surface area (Å²) >= 11 is 0. The molecule has 1 aromatic carbocycles. The molecule has 2 N–H and O–H groups in total. The van der Waals surface area contributed by atoms with E-state index in [9.17, 15) is 15.0 Å². The van der Waals surface area contributed by atoms with E-state index in [0.29, 0.717) is 16.9 Å². The number of benzene rings is 1. The number of phenolic OH excluding ortho intramolecular Hbond substituents is 1. The quantitative estimate of drug-likeness (QED) is 0.613. The number of rotatable bonds is 1. The first-order chi connectivity index (χ1) is 10.1. The minimum absolute atomic E-state index is 0.0109. The van der Waals surface area contributed by atoms with Gasteiger partial charge in [-0.2, -0.15) is 0 Å². The highest BCUT2D eigenvalue weighted by Crippen LogP contribution is 2.37. The van der Waals surface area contributed by atoms with Crippen molar-refractivity contribution in [2.24, 2.45) is 5.92 Å². The van der Waals surface area contributed by atoms with Crippen LogP contribution in [0.2, 0.25) is 0 Å². The molecule has 0 fully saturated rings. The Hall–Kier alpha value is -2.69. The number of aromatic hydroxyl groups is 1. The van der Waals surface area contributed by atoms with Gasteiger partial charge < -0.3 is 19.7 Å². The lowest BCUT2D eigenvalue weighted by Crippen LogP contribution is -2.15. The number of carbonyl (C=O) groups is 1. The van der Waals surface area contributed by atoms with Crippen LogP contribution in [0.3, 0.4) is 0 Å². The van der Waals surface area contributed by atoms with Crippen LogP contribution in [-0.4, -0.2) is 23.3 Å². The van der Waals surface area contributed by atoms with Crippen molar-refractivity contribution in [2.45, 2.75) is 6.42 Å². The maximum Gasteiger partial charge on any atom is 0.312 e. The first kappa shape index (κ1) is 13.3. The van der Waals surface area contributed by atoms with E-state index >= 15 is 0 Å². The van der Waals surface area contributed by atoms with Crippen LogP contribution in [0, 0.1) is 5.92 Å². The Bertz CT molecular complexity index is 697. The maximum absolute atomic E-state index is 11.9. The number of fused-ring (bicyclic) bond motifs is 3. The average molecular weight is 286 g/mol. The molecule has 5 heteroatoms. The van der Waals surface area contributed by atoms with Crippen molar-refractivity contribution in [1.29, 1.82) is 0 Å². The topological polar surface area (TPSA) is 76.0 Å². The van der Waals surface area contributed by atoms with Gasteiger partial charge in [0.15, 0.2) is 11.5 Å². The summed E-state index contributed by atoms with van der Waals surface area (Å²) in [6.45, 7) is 0. The molecule has 0 saturated carbocycles. The largest absolute Gasteiger partial charge is 0.508 e. The van der Waals surface area contributed by atoms with E-state index in [0.717, 1.165) is 0 Å². The van der Waals surface area contributed by atoms with Gasteiger partial charge in [-0.3, -0.25) is 4.79 Å². The van der Waals surface area contributed by atoms with Crippen LogP contribution >= 0.6 is 0 Å². The Labute approximate surface area is 121 Å². The van der Waals surface area contributed by atoms with Crippen LogP contribution in [0.4, 0.5) is 0 Å². The summed E-state index contributed by atoms with van der Waals surface area (Å²) in [5, 5.41) is 19.6. The van der Waals surface area contributed by atoms with Crippen molar-refractivity contribution in [3.05, 3.63) is 53.5 Å². The fourth-order valence-electron chi connectivity index (χ4n) is 2.47. The van der Waals surface area contributed by atoms with Crippen LogP contribution < -0.4 is 4.74 Å². The first-order valence-electron chi connectivity index (χ1n) is 6.49. The molecule has 0 aromatic heterocycles. The second-order valence-electron chi connectivity index (χ2n) is 4.91. The molecule has 108 valence electrons. The molecule has 1 aromatic rings. The molecule has 3 rings (SSSR count). The number of hydrogen-bond donors (Lipinski definition) is 2. The van der Waals surface area contributed by atoms with Gasteiger partial charge in [0, 0.05) is 17.5 Å². The number of carbonyl (C=O) groups excluding carboxylic acids is 1. The summed E-state index contributed by atoms with van der Waals surface area (Å²) in [7, 11) is 1.46. The van der Waals surface area contributed by atoms with E-state index < -0.39 is 5.97 Å². The Kier molecular flexibility index (Phi) is 3.17. The van der Waals surface area contributed by atoms with E-state index in [-0.39, 0.29) is 29.6 Å². The Morgan fingerprint density at radius 1 is 1.29 bits per heavy atom. The third kappa shape index (κ3) is 2.50. The van der Waals surface area contributed by atoms with Crippen LogP contribution in [0.25, 0.3) is 5.57 Å². The van der Waals surface area contributed by atoms with Crippen LogP contribution in [0.1, 0.15) is 12.0 Å². The number of aliphatic hydroxyl groups excluding tert-OH is 1. The summed E-state index contributed by atoms with van der Waals surface area (Å²) < 4.78 is 10.4. The summed E-state index contributed by atoms with van der Waals surface area (Å²) in [5.74, 6) is -0.0483. The summed E-state index contributed by atoms with van der Waals surface area (Å²) in [6.07, 6.45) is 5.25. The molecule has 2 aliphatic rings. The molecule has 2 bridgehead atoms. The lowest BCUT2D eigenvalue weighted by Gasteiger charge is -2.16. The minimum Gasteiger partial charge on any atom is -0.508 e. The fraction of sp³-hybridized carbons (Fsp3) is 0.188. The second kappa shape index (κ2) is 5.01. The molecule has 1 heterocycles. The molecule has 1 aliphatic carbocycles. The van der Waals surface area contributed by atoms with E-state index in [4.69, 9.17) is 9.47 Å². The second-order valence-corrected chi connectivity index (χ2v) is 4.91. The predicted octanol–water partition coefficient (Wildman–Crippen LogP) is 2.69. The van der Waals surface area contributed by atoms with E-state index in [1.165, 1.54) is 19.2 Å². The fourth-order valence-corrected chi connectivity index (χ4v) is 2.47. The van der Waals surface area contributed by atoms with Crippen molar-refractivity contribution in [3.8, 4) is 11.5 Å². The van der Waals surface area contributed by atoms with Gasteiger partial charge in [0.05, 0.1) is 13.5 Å². The molecule has 0 spiro atoms. The number of esters is 1. The molecule has 21 heavy (non-hydrogen) atoms. The van der Waals surface area contributed by atoms with E-state index in [2.05, 4.69) is 0 Å². The van der Waals surface area contributed by atoms with Gasteiger partial charge in [0.2, 0.25) is 0 Å². The zero-order valence-electron chi connectivity index (χ0n) is 11.4. The monoisotopic (exact) mass is 286 g/mol. The minimum atomic E-state index is -0.407. The molecule has 1 atom stereocenters. The Morgan fingerprint density at radius 2 is 2.10 bits per heavy atom. The van der Waals surface area contributed by atoms with Crippen LogP contribution in [0.5, 0.6) is 11.5 Å². The first-order valence-corrected chi connectivity index (χ1v) is 6.49. The van der Waals surface area contributed by atoms with Crippen molar-refractivity contribution in [2.75, 3.05) is 7.11 Å². The van der Waals surface area contributed by atoms with Crippen molar-refractivity contribution < 1.29 is 24.5 Å². The highest BCUT2D eigenvalue weighted by Gasteiger charge is 2.24. The molecule has 0 saturated heterocycles. The Morgan fingerprint density at radius 3 is 2.86 bits per heavy atom. The van der Waals surface area contributed by atoms with Crippen molar-refractivity contribution >= 4 is 11.5 Å². The maximum atomic E-state index is 11.9. The highest BCUT2D eigenvalue weighted by molar-refractivity contribution is 5.85. The molecule has 1 aliphatic heterocycles. The molecule has 5 nitrogen and oxygen atoms in total. The molecule has 0 radical (unpaired) electrons. The highest BCUT2D eigenvalue weighted by atomic mass is 16.5. The van der Waals surface area contributed by atoms with Gasteiger partial charge in [-0.1, -0.05) is 6.08 Å². The number of ether oxygens (including phenoxy) is 2. The number of methoxy groups -OCH3 is 1. The van der Waals surface area contributed by atoms with Gasteiger partial charge in [-0.05, 0) is 29.9 Å². The smallest absolute Gasteiger partial charge is 0.312 e. The van der Waals surface area contributed by atoms with Gasteiger partial charge in [-0.25, -0.2) is 0 Å². The number of aliphatic hydroxyl groups is 1. The summed E-state index contributed by atoms with van der Waals surface area (Å²) in [6, 6.07) is 4.53. The molecule has 0 amide bonds. The number of hydrogen-bond acceptors (Lipinski definition) is 5. The summed E-state index contributed by atoms with van der Waals surface area (Å²) in [5.41, 5.74) is 1.34. The third-order valence-electron chi connectivity index (χ3n) is 3.43. The van der Waals surface area contributed by atoms with Crippen LogP contribution in [-0.2, 0) is 9.53 Å².